The predicted molar refractivity (Wildman–Crippen MR) is 106 cm³/mol. The van der Waals surface area contributed by atoms with Crippen LogP contribution < -0.4 is 5.32 Å². The number of amides is 1. The zero-order valence-corrected chi connectivity index (χ0v) is 16.1. The average Bonchev–Trinajstić information content (AvgIpc) is 3.34. The topological polar surface area (TPSA) is 60.1 Å². The van der Waals surface area contributed by atoms with Gasteiger partial charge in [0.15, 0.2) is 5.76 Å². The molecule has 1 aromatic carbocycles. The quantitative estimate of drug-likeness (QED) is 0.625. The average molecular weight is 404 g/mol. The first kappa shape index (κ1) is 18.1. The summed E-state index contributed by atoms with van der Waals surface area (Å²) in [7, 11) is 0. The number of carbonyl (C=O) groups excluding carboxylic acids is 1. The van der Waals surface area contributed by atoms with Crippen LogP contribution in [-0.4, -0.2) is 21.7 Å². The number of aromatic nitrogens is 2. The predicted octanol–water partition coefficient (Wildman–Crippen LogP) is 5.50. The van der Waals surface area contributed by atoms with Gasteiger partial charge in [0.1, 0.15) is 11.4 Å². The van der Waals surface area contributed by atoms with E-state index in [-0.39, 0.29) is 11.9 Å². The first-order valence-corrected chi connectivity index (χ1v) is 9.77. The van der Waals surface area contributed by atoms with Crippen molar-refractivity contribution in [3.05, 3.63) is 58.4 Å². The third kappa shape index (κ3) is 3.89. The summed E-state index contributed by atoms with van der Waals surface area (Å²) in [5.41, 5.74) is 1.68. The Hall–Kier alpha value is -2.24. The van der Waals surface area contributed by atoms with E-state index < -0.39 is 0 Å². The van der Waals surface area contributed by atoms with Crippen LogP contribution in [-0.2, 0) is 0 Å². The van der Waals surface area contributed by atoms with Crippen molar-refractivity contribution < 1.29 is 9.21 Å². The number of benzene rings is 1. The van der Waals surface area contributed by atoms with Gasteiger partial charge in [-0.15, -0.1) is 0 Å². The minimum Gasteiger partial charge on any atom is -0.463 e. The number of carbonyl (C=O) groups is 1. The van der Waals surface area contributed by atoms with Gasteiger partial charge in [0, 0.05) is 12.1 Å². The molecule has 1 aliphatic carbocycles. The van der Waals surface area contributed by atoms with Gasteiger partial charge >= 0.3 is 0 Å². The molecule has 0 saturated heterocycles. The summed E-state index contributed by atoms with van der Waals surface area (Å²) in [5, 5.41) is 8.57. The number of nitrogens with one attached hydrogen (secondary N) is 1. The van der Waals surface area contributed by atoms with E-state index in [1.807, 2.05) is 6.07 Å². The number of furan rings is 1. The highest BCUT2D eigenvalue weighted by atomic mass is 35.5. The van der Waals surface area contributed by atoms with Crippen molar-refractivity contribution >= 4 is 29.1 Å². The summed E-state index contributed by atoms with van der Waals surface area (Å²) in [6.45, 7) is 0. The maximum atomic E-state index is 13.0. The molecule has 1 fully saturated rings. The molecule has 3 aromatic rings. The molecule has 140 valence electrons. The Morgan fingerprint density at radius 2 is 1.93 bits per heavy atom. The Morgan fingerprint density at radius 3 is 2.63 bits per heavy atom. The van der Waals surface area contributed by atoms with Gasteiger partial charge in [0.2, 0.25) is 0 Å². The fourth-order valence-electron chi connectivity index (χ4n) is 3.41. The number of rotatable bonds is 4. The minimum absolute atomic E-state index is 0.154. The van der Waals surface area contributed by atoms with Gasteiger partial charge in [-0.1, -0.05) is 42.5 Å². The molecule has 4 rings (SSSR count). The maximum Gasteiger partial charge on any atom is 0.270 e. The van der Waals surface area contributed by atoms with E-state index in [2.05, 4.69) is 10.4 Å². The lowest BCUT2D eigenvalue weighted by Crippen LogP contribution is -2.37. The Labute approximate surface area is 167 Å². The van der Waals surface area contributed by atoms with Gasteiger partial charge in [-0.05, 0) is 43.2 Å². The Balaban J connectivity index is 1.71. The SMILES string of the molecule is O=C(NC1CCCCC1)c1cc(-c2ccco2)nn1-c1ccc(Cl)c(Cl)c1. The first-order valence-electron chi connectivity index (χ1n) is 9.02. The number of hydrogen-bond acceptors (Lipinski definition) is 3. The van der Waals surface area contributed by atoms with Crippen molar-refractivity contribution in [1.29, 1.82) is 0 Å². The van der Waals surface area contributed by atoms with Gasteiger partial charge < -0.3 is 9.73 Å². The van der Waals surface area contributed by atoms with E-state index >= 15 is 0 Å². The molecule has 0 unspecified atom stereocenters. The van der Waals surface area contributed by atoms with Crippen molar-refractivity contribution in [3.63, 3.8) is 0 Å². The van der Waals surface area contributed by atoms with Gasteiger partial charge in [-0.3, -0.25) is 4.79 Å². The van der Waals surface area contributed by atoms with Crippen LogP contribution in [0.25, 0.3) is 17.1 Å². The molecule has 0 radical (unpaired) electrons. The molecule has 1 amide bonds. The molecular weight excluding hydrogens is 385 g/mol. The molecule has 27 heavy (non-hydrogen) atoms. The van der Waals surface area contributed by atoms with E-state index in [0.717, 1.165) is 25.7 Å². The van der Waals surface area contributed by atoms with E-state index in [4.69, 9.17) is 27.6 Å². The fourth-order valence-corrected chi connectivity index (χ4v) is 3.70. The normalized spacial score (nSPS) is 15.0. The zero-order valence-electron chi connectivity index (χ0n) is 14.6. The van der Waals surface area contributed by atoms with Crippen LogP contribution in [0.5, 0.6) is 0 Å². The van der Waals surface area contributed by atoms with E-state index in [9.17, 15) is 4.79 Å². The molecule has 0 atom stereocenters. The molecule has 5 nitrogen and oxygen atoms in total. The molecule has 7 heteroatoms. The van der Waals surface area contributed by atoms with Crippen LogP contribution >= 0.6 is 23.2 Å². The van der Waals surface area contributed by atoms with Crippen molar-refractivity contribution in [3.8, 4) is 17.1 Å². The van der Waals surface area contributed by atoms with Crippen LogP contribution in [0.2, 0.25) is 10.0 Å². The molecule has 0 bridgehead atoms. The smallest absolute Gasteiger partial charge is 0.270 e. The summed E-state index contributed by atoms with van der Waals surface area (Å²) in [4.78, 5) is 13.0. The third-order valence-corrected chi connectivity index (χ3v) is 5.54. The lowest BCUT2D eigenvalue weighted by Gasteiger charge is -2.22. The van der Waals surface area contributed by atoms with Crippen LogP contribution in [0.1, 0.15) is 42.6 Å². The number of hydrogen-bond donors (Lipinski definition) is 1. The molecule has 1 saturated carbocycles. The molecule has 1 aliphatic rings. The summed E-state index contributed by atoms with van der Waals surface area (Å²) >= 11 is 12.2. The highest BCUT2D eigenvalue weighted by molar-refractivity contribution is 6.42. The summed E-state index contributed by atoms with van der Waals surface area (Å²) in [6.07, 6.45) is 7.13. The van der Waals surface area contributed by atoms with Crippen molar-refractivity contribution in [2.45, 2.75) is 38.1 Å². The van der Waals surface area contributed by atoms with E-state index in [1.54, 1.807) is 41.3 Å². The third-order valence-electron chi connectivity index (χ3n) is 4.80. The van der Waals surface area contributed by atoms with Crippen LogP contribution in [0.15, 0.2) is 47.1 Å². The molecular formula is C20H19Cl2N3O2. The summed E-state index contributed by atoms with van der Waals surface area (Å²) in [5.74, 6) is 0.443. The van der Waals surface area contributed by atoms with Crippen molar-refractivity contribution in [2.75, 3.05) is 0 Å². The van der Waals surface area contributed by atoms with Gasteiger partial charge in [0.25, 0.3) is 5.91 Å². The molecule has 0 aliphatic heterocycles. The van der Waals surface area contributed by atoms with Gasteiger partial charge in [-0.25, -0.2) is 4.68 Å². The molecule has 2 heterocycles. The van der Waals surface area contributed by atoms with E-state index in [1.165, 1.54) is 6.42 Å². The maximum absolute atomic E-state index is 13.0. The second-order valence-electron chi connectivity index (χ2n) is 6.71. The highest BCUT2D eigenvalue weighted by Crippen LogP contribution is 2.27. The van der Waals surface area contributed by atoms with Gasteiger partial charge in [-0.2, -0.15) is 5.10 Å². The lowest BCUT2D eigenvalue weighted by atomic mass is 9.95. The largest absolute Gasteiger partial charge is 0.463 e. The van der Waals surface area contributed by atoms with Crippen molar-refractivity contribution in [2.24, 2.45) is 0 Å². The Bertz CT molecular complexity index is 944. The highest BCUT2D eigenvalue weighted by Gasteiger charge is 2.22. The first-order chi connectivity index (χ1) is 13.1. The van der Waals surface area contributed by atoms with E-state index in [0.29, 0.717) is 32.9 Å². The molecule has 0 spiro atoms. The number of halogens is 2. The summed E-state index contributed by atoms with van der Waals surface area (Å²) < 4.78 is 7.02. The number of nitrogens with zero attached hydrogens (tertiary/aromatic N) is 2. The monoisotopic (exact) mass is 403 g/mol. The fraction of sp³-hybridized carbons (Fsp3) is 0.300. The molecule has 2 aromatic heterocycles. The Kier molecular flexibility index (Phi) is 5.23. The van der Waals surface area contributed by atoms with Crippen LogP contribution in [0, 0.1) is 0 Å². The van der Waals surface area contributed by atoms with Crippen LogP contribution in [0.3, 0.4) is 0 Å². The zero-order chi connectivity index (χ0) is 18.8. The Morgan fingerprint density at radius 1 is 1.11 bits per heavy atom. The van der Waals surface area contributed by atoms with Gasteiger partial charge in [0.05, 0.1) is 22.0 Å². The van der Waals surface area contributed by atoms with Crippen LogP contribution in [0.4, 0.5) is 0 Å². The minimum atomic E-state index is -0.154. The second kappa shape index (κ2) is 7.79. The molecule has 1 N–H and O–H groups in total. The second-order valence-corrected chi connectivity index (χ2v) is 7.53. The standard InChI is InChI=1S/C20H19Cl2N3O2/c21-15-9-8-14(11-16(15)22)25-18(12-17(24-25)19-7-4-10-27-19)20(26)23-13-5-2-1-3-6-13/h4,7-13H,1-3,5-6H2,(H,23,26). The van der Waals surface area contributed by atoms with Crippen molar-refractivity contribution in [1.82, 2.24) is 15.1 Å². The lowest BCUT2D eigenvalue weighted by molar-refractivity contribution is 0.0920. The summed E-state index contributed by atoms with van der Waals surface area (Å²) in [6, 6.07) is 10.7.